The summed E-state index contributed by atoms with van der Waals surface area (Å²) in [6.07, 6.45) is 0. The van der Waals surface area contributed by atoms with Crippen molar-refractivity contribution in [3.05, 3.63) is 60.2 Å². The fourth-order valence-electron chi connectivity index (χ4n) is 3.98. The van der Waals surface area contributed by atoms with Crippen molar-refractivity contribution in [2.45, 2.75) is 13.0 Å². The molecule has 0 aliphatic carbocycles. The number of hydrogen-bond acceptors (Lipinski definition) is 7. The molecule has 0 radical (unpaired) electrons. The normalized spacial score (nSPS) is 12.8. The van der Waals surface area contributed by atoms with Gasteiger partial charge in [-0.2, -0.15) is 0 Å². The maximum atomic E-state index is 13.6. The van der Waals surface area contributed by atoms with Gasteiger partial charge in [0.05, 0.1) is 26.9 Å². The Kier molecular flexibility index (Phi) is 7.27. The summed E-state index contributed by atoms with van der Waals surface area (Å²) in [6.45, 7) is 1.47. The fourth-order valence-corrected chi connectivity index (χ4v) is 3.98. The van der Waals surface area contributed by atoms with Crippen LogP contribution in [0.5, 0.6) is 0 Å². The van der Waals surface area contributed by atoms with E-state index in [2.05, 4.69) is 5.32 Å². The summed E-state index contributed by atoms with van der Waals surface area (Å²) in [5, 5.41) is 5.78. The van der Waals surface area contributed by atoms with E-state index in [0.29, 0.717) is 16.3 Å². The van der Waals surface area contributed by atoms with Crippen LogP contribution in [-0.2, 0) is 28.6 Å². The van der Waals surface area contributed by atoms with Gasteiger partial charge < -0.3 is 19.5 Å². The summed E-state index contributed by atoms with van der Waals surface area (Å²) in [7, 11) is 3.41. The van der Waals surface area contributed by atoms with Crippen LogP contribution in [0.15, 0.2) is 54.6 Å². The number of ether oxygens (including phenoxy) is 3. The first kappa shape index (κ1) is 23.7. The Labute approximate surface area is 190 Å². The van der Waals surface area contributed by atoms with Crippen molar-refractivity contribution in [2.24, 2.45) is 11.8 Å². The van der Waals surface area contributed by atoms with Gasteiger partial charge in [0.1, 0.15) is 6.04 Å². The van der Waals surface area contributed by atoms with E-state index >= 15 is 0 Å². The summed E-state index contributed by atoms with van der Waals surface area (Å²) in [4.78, 5) is 50.8. The summed E-state index contributed by atoms with van der Waals surface area (Å²) >= 11 is 0. The number of fused-ring (bicyclic) bond motifs is 2. The van der Waals surface area contributed by atoms with Crippen LogP contribution >= 0.6 is 0 Å². The maximum Gasteiger partial charge on any atom is 0.328 e. The lowest BCUT2D eigenvalue weighted by atomic mass is 9.86. The molecule has 0 spiro atoms. The first-order valence-corrected chi connectivity index (χ1v) is 10.3. The predicted molar refractivity (Wildman–Crippen MR) is 121 cm³/mol. The number of benzene rings is 3. The molecule has 1 N–H and O–H groups in total. The van der Waals surface area contributed by atoms with Gasteiger partial charge in [-0.3, -0.25) is 14.4 Å². The van der Waals surface area contributed by atoms with Crippen molar-refractivity contribution in [3.8, 4) is 0 Å². The minimum atomic E-state index is -1.44. The van der Waals surface area contributed by atoms with Gasteiger partial charge in [-0.1, -0.05) is 55.5 Å². The highest BCUT2D eigenvalue weighted by Crippen LogP contribution is 2.29. The molecule has 172 valence electrons. The maximum absolute atomic E-state index is 13.6. The molecular formula is C25H25NO7. The van der Waals surface area contributed by atoms with Crippen molar-refractivity contribution in [1.29, 1.82) is 0 Å². The Hall–Kier alpha value is -3.94. The standard InChI is InChI=1S/C25H25NO7/c1-14(19(23(28)31-2)24(29)32-3)21(25(30)33-4)26-22(27)20-17-11-7-5-9-15(17)13-16-10-6-8-12-18(16)20/h5-14,19,21H,1-4H3,(H,26,27)/t14-,21+/m0/s1. The average molecular weight is 451 g/mol. The summed E-state index contributed by atoms with van der Waals surface area (Å²) < 4.78 is 14.3. The molecule has 0 saturated heterocycles. The molecule has 0 saturated carbocycles. The molecule has 1 amide bonds. The minimum Gasteiger partial charge on any atom is -0.468 e. The fraction of sp³-hybridized carbons (Fsp3) is 0.280. The molecule has 3 rings (SSSR count). The van der Waals surface area contributed by atoms with E-state index in [1.807, 2.05) is 54.6 Å². The number of esters is 3. The second-order valence-electron chi connectivity index (χ2n) is 7.55. The number of nitrogens with one attached hydrogen (secondary N) is 1. The molecule has 3 aromatic carbocycles. The number of amides is 1. The van der Waals surface area contributed by atoms with Crippen LogP contribution in [-0.4, -0.2) is 51.2 Å². The molecule has 0 unspecified atom stereocenters. The topological polar surface area (TPSA) is 108 Å². The first-order chi connectivity index (χ1) is 15.8. The van der Waals surface area contributed by atoms with Crippen molar-refractivity contribution in [2.75, 3.05) is 21.3 Å². The number of rotatable bonds is 7. The number of hydrogen-bond donors (Lipinski definition) is 1. The van der Waals surface area contributed by atoms with Gasteiger partial charge in [0.25, 0.3) is 5.91 Å². The molecule has 3 aromatic rings. The van der Waals surface area contributed by atoms with Gasteiger partial charge in [0, 0.05) is 5.92 Å². The number of carbonyl (C=O) groups is 4. The van der Waals surface area contributed by atoms with Crippen LogP contribution in [0, 0.1) is 11.8 Å². The second kappa shape index (κ2) is 10.1. The van der Waals surface area contributed by atoms with Crippen molar-refractivity contribution < 1.29 is 33.4 Å². The lowest BCUT2D eigenvalue weighted by Gasteiger charge is -2.27. The van der Waals surface area contributed by atoms with Gasteiger partial charge in [-0.25, -0.2) is 4.79 Å². The van der Waals surface area contributed by atoms with Gasteiger partial charge in [-0.05, 0) is 27.6 Å². The SMILES string of the molecule is COC(=O)C(C(=O)OC)[C@H](C)[C@@H](NC(=O)c1c2ccccc2cc2ccccc12)C(=O)OC. The molecule has 33 heavy (non-hydrogen) atoms. The summed E-state index contributed by atoms with van der Waals surface area (Å²) in [5.41, 5.74) is 0.373. The van der Waals surface area contributed by atoms with E-state index in [1.54, 1.807) is 0 Å². The van der Waals surface area contributed by atoms with Crippen LogP contribution in [0.4, 0.5) is 0 Å². The van der Waals surface area contributed by atoms with Gasteiger partial charge in [0.2, 0.25) is 0 Å². The zero-order valence-corrected chi connectivity index (χ0v) is 18.8. The molecule has 2 atom stereocenters. The molecule has 0 heterocycles. The largest absolute Gasteiger partial charge is 0.468 e. The van der Waals surface area contributed by atoms with Gasteiger partial charge in [0.15, 0.2) is 5.92 Å². The molecule has 0 aliphatic heterocycles. The molecule has 8 heteroatoms. The summed E-state index contributed by atoms with van der Waals surface area (Å²) in [5.74, 6) is -5.56. The Bertz CT molecular complexity index is 1150. The Morgan fingerprint density at radius 2 is 1.18 bits per heavy atom. The smallest absolute Gasteiger partial charge is 0.328 e. The van der Waals surface area contributed by atoms with Crippen LogP contribution in [0.1, 0.15) is 17.3 Å². The van der Waals surface area contributed by atoms with Crippen LogP contribution < -0.4 is 5.32 Å². The third-order valence-electron chi connectivity index (χ3n) is 5.70. The molecule has 0 fully saturated rings. The Balaban J connectivity index is 2.09. The number of carbonyl (C=O) groups excluding carboxylic acids is 4. The zero-order chi connectivity index (χ0) is 24.1. The van der Waals surface area contributed by atoms with Crippen LogP contribution in [0.3, 0.4) is 0 Å². The molecular weight excluding hydrogens is 426 g/mol. The average Bonchev–Trinajstić information content (AvgIpc) is 2.84. The third-order valence-corrected chi connectivity index (χ3v) is 5.70. The van der Waals surface area contributed by atoms with Crippen LogP contribution in [0.2, 0.25) is 0 Å². The first-order valence-electron chi connectivity index (χ1n) is 10.3. The highest BCUT2D eigenvalue weighted by Gasteiger charge is 2.42. The molecule has 8 nitrogen and oxygen atoms in total. The Morgan fingerprint density at radius 1 is 0.727 bits per heavy atom. The van der Waals surface area contributed by atoms with E-state index < -0.39 is 41.7 Å². The van der Waals surface area contributed by atoms with Crippen LogP contribution in [0.25, 0.3) is 21.5 Å². The van der Waals surface area contributed by atoms with E-state index in [-0.39, 0.29) is 0 Å². The highest BCUT2D eigenvalue weighted by molar-refractivity contribution is 6.18. The monoisotopic (exact) mass is 451 g/mol. The quantitative estimate of drug-likeness (QED) is 0.255. The predicted octanol–water partition coefficient (Wildman–Crippen LogP) is 2.86. The van der Waals surface area contributed by atoms with Gasteiger partial charge in [-0.15, -0.1) is 0 Å². The van der Waals surface area contributed by atoms with E-state index in [9.17, 15) is 19.2 Å². The van der Waals surface area contributed by atoms with E-state index in [0.717, 1.165) is 32.1 Å². The van der Waals surface area contributed by atoms with Crippen molar-refractivity contribution in [1.82, 2.24) is 5.32 Å². The zero-order valence-electron chi connectivity index (χ0n) is 18.8. The molecule has 0 bridgehead atoms. The lowest BCUT2D eigenvalue weighted by Crippen LogP contribution is -2.51. The van der Waals surface area contributed by atoms with Gasteiger partial charge >= 0.3 is 17.9 Å². The van der Waals surface area contributed by atoms with E-state index in [1.165, 1.54) is 6.92 Å². The van der Waals surface area contributed by atoms with Crippen molar-refractivity contribution in [3.63, 3.8) is 0 Å². The lowest BCUT2D eigenvalue weighted by molar-refractivity contribution is -0.162. The highest BCUT2D eigenvalue weighted by atomic mass is 16.5. The van der Waals surface area contributed by atoms with E-state index in [4.69, 9.17) is 14.2 Å². The molecule has 0 aliphatic rings. The number of methoxy groups -OCH3 is 3. The minimum absolute atomic E-state index is 0.373. The Morgan fingerprint density at radius 3 is 1.64 bits per heavy atom. The van der Waals surface area contributed by atoms with Crippen molar-refractivity contribution >= 4 is 45.4 Å². The summed E-state index contributed by atoms with van der Waals surface area (Å²) in [6, 6.07) is 15.5. The second-order valence-corrected chi connectivity index (χ2v) is 7.55. The third kappa shape index (κ3) is 4.64. The molecule has 0 aromatic heterocycles.